The fourth-order valence-corrected chi connectivity index (χ4v) is 15.0. The van der Waals surface area contributed by atoms with Gasteiger partial charge in [0.1, 0.15) is 0 Å². The smallest absolute Gasteiger partial charge is 0.197 e. The van der Waals surface area contributed by atoms with E-state index in [2.05, 4.69) is 199 Å². The second kappa shape index (κ2) is 13.4. The summed E-state index contributed by atoms with van der Waals surface area (Å²) in [6.07, 6.45) is 2.41. The second-order valence-corrected chi connectivity index (χ2v) is 24.7. The molecule has 0 fully saturated rings. The normalized spacial score (nSPS) is 15.4. The molecule has 1 aliphatic heterocycles. The Morgan fingerprint density at radius 3 is 1.82 bits per heavy atom. The van der Waals surface area contributed by atoms with Gasteiger partial charge in [0.05, 0.1) is 5.52 Å². The van der Waals surface area contributed by atoms with Crippen LogP contribution in [0, 0.1) is 0 Å². The van der Waals surface area contributed by atoms with Crippen LogP contribution in [0.2, 0.25) is 0 Å². The van der Waals surface area contributed by atoms with Crippen molar-refractivity contribution in [3.8, 4) is 16.8 Å². The van der Waals surface area contributed by atoms with E-state index in [1.54, 1.807) is 0 Å². The lowest BCUT2D eigenvalue weighted by atomic mass is 9.59. The van der Waals surface area contributed by atoms with E-state index in [9.17, 15) is 0 Å². The van der Waals surface area contributed by atoms with Crippen molar-refractivity contribution in [1.29, 1.82) is 0 Å². The van der Waals surface area contributed by atoms with Gasteiger partial charge in [-0.05, 0) is 129 Å². The van der Waals surface area contributed by atoms with Crippen LogP contribution in [-0.4, -0.2) is 11.8 Å². The van der Waals surface area contributed by atoms with E-state index in [1.165, 1.54) is 140 Å². The fraction of sp³-hybridized carbons (Fsp3) is 0.200. The summed E-state index contributed by atoms with van der Waals surface area (Å²) in [4.78, 5) is 0. The van der Waals surface area contributed by atoms with Crippen LogP contribution in [0.25, 0.3) is 99.1 Å². The van der Waals surface area contributed by atoms with Gasteiger partial charge in [0.15, 0.2) is 7.28 Å². The van der Waals surface area contributed by atoms with E-state index in [-0.39, 0.29) is 16.2 Å². The molecule has 1 radical (unpaired) electrons. The molecule has 5 heterocycles. The zero-order valence-electron chi connectivity index (χ0n) is 38.4. The predicted molar refractivity (Wildman–Crippen MR) is 294 cm³/mol. The molecule has 0 unspecified atom stereocenters. The summed E-state index contributed by atoms with van der Waals surface area (Å²) in [6.45, 7) is 16.6. The Morgan fingerprint density at radius 2 is 1.11 bits per heavy atom. The molecule has 66 heavy (non-hydrogen) atoms. The summed E-state index contributed by atoms with van der Waals surface area (Å²) < 4.78 is 10.6. The van der Waals surface area contributed by atoms with E-state index in [0.29, 0.717) is 0 Å². The minimum absolute atomic E-state index is 0.0771. The van der Waals surface area contributed by atoms with Gasteiger partial charge >= 0.3 is 0 Å². The number of nitrogens with zero attached hydrogens (tertiary/aromatic N) is 1. The molecule has 1 N–H and O–H groups in total. The molecule has 1 aliphatic carbocycles. The van der Waals surface area contributed by atoms with Gasteiger partial charge < -0.3 is 9.88 Å². The Hall–Kier alpha value is -5.92. The van der Waals surface area contributed by atoms with Crippen LogP contribution in [0.5, 0.6) is 0 Å². The summed E-state index contributed by atoms with van der Waals surface area (Å²) in [5.74, 6) is 0. The van der Waals surface area contributed by atoms with Crippen LogP contribution >= 0.6 is 34.0 Å². The zero-order chi connectivity index (χ0) is 44.6. The van der Waals surface area contributed by atoms with Gasteiger partial charge in [-0.2, -0.15) is 0 Å². The maximum Gasteiger partial charge on any atom is 0.197 e. The molecule has 4 aromatic heterocycles. The maximum absolute atomic E-state index is 4.01. The topological polar surface area (TPSA) is 17.0 Å². The van der Waals surface area contributed by atoms with Crippen LogP contribution in [0.1, 0.15) is 78.0 Å². The van der Waals surface area contributed by atoms with E-state index >= 15 is 0 Å². The van der Waals surface area contributed by atoms with Crippen molar-refractivity contribution in [3.63, 3.8) is 0 Å². The molecule has 319 valence electrons. The van der Waals surface area contributed by atoms with Crippen molar-refractivity contribution in [1.82, 2.24) is 4.57 Å². The number of hydrogen-bond donors (Lipinski definition) is 1. The third kappa shape index (κ3) is 5.59. The molecule has 8 aromatic carbocycles. The number of rotatable bonds is 3. The van der Waals surface area contributed by atoms with Crippen LogP contribution in [-0.2, 0) is 16.2 Å². The fourth-order valence-electron chi connectivity index (χ4n) is 11.6. The van der Waals surface area contributed by atoms with E-state index in [4.69, 9.17) is 0 Å². The molecule has 2 nitrogen and oxygen atoms in total. The number of fused-ring (bicyclic) bond motifs is 15. The summed E-state index contributed by atoms with van der Waals surface area (Å²) in [5.41, 5.74) is 15.7. The SMILES string of the molecule is CC(C)(C)c1ccc(Nc2cc3sc4cc5c(cc4c3cc2-c2ccc3c4cc6sc7ccccc7c6cc4n4c3c2[B]c2cc3c(cc2-4)sc2ccccc23)C(C)(C)CCC5(C)C)cc1. The maximum atomic E-state index is 4.01. The first-order valence-electron chi connectivity index (χ1n) is 23.4. The summed E-state index contributed by atoms with van der Waals surface area (Å²) in [5, 5.41) is 14.6. The highest BCUT2D eigenvalue weighted by Gasteiger charge is 2.38. The standard InChI is InChI=1S/C60H48BN2S3/c1-58(2,3)32-16-18-33(19-17-32)62-47-30-54-40(41-25-44-45(29-53(41)66-54)60(6,7)23-22-59(44,4)5)24-38(47)36-20-21-37-39-28-52-43(35-13-9-11-15-51(35)64-52)27-48(39)63-49-31-55-42(26-46(49)61-56(36)57(37)63)34-12-8-10-14-50(34)65-55/h8-21,24-31,62H,22-23H2,1-7H3. The van der Waals surface area contributed by atoms with Crippen LogP contribution in [0.15, 0.2) is 133 Å². The zero-order valence-corrected chi connectivity index (χ0v) is 40.8. The van der Waals surface area contributed by atoms with Crippen LogP contribution in [0.3, 0.4) is 0 Å². The highest BCUT2D eigenvalue weighted by atomic mass is 32.1. The molecule has 0 spiro atoms. The first kappa shape index (κ1) is 39.3. The average molecular weight is 904 g/mol. The Labute approximate surface area is 397 Å². The number of nitrogens with one attached hydrogen (secondary N) is 1. The van der Waals surface area contributed by atoms with Crippen molar-refractivity contribution in [3.05, 3.63) is 150 Å². The molecule has 0 bridgehead atoms. The van der Waals surface area contributed by atoms with Crippen molar-refractivity contribution in [2.24, 2.45) is 0 Å². The monoisotopic (exact) mass is 903 g/mol. The number of aromatic nitrogens is 1. The Bertz CT molecular complexity index is 4090. The van der Waals surface area contributed by atoms with Crippen molar-refractivity contribution in [2.75, 3.05) is 5.32 Å². The number of anilines is 2. The summed E-state index contributed by atoms with van der Waals surface area (Å²) in [7, 11) is 2.51. The lowest BCUT2D eigenvalue weighted by Gasteiger charge is -2.41. The lowest BCUT2D eigenvalue weighted by molar-refractivity contribution is 0.332. The highest BCUT2D eigenvalue weighted by Crippen LogP contribution is 2.51. The lowest BCUT2D eigenvalue weighted by Crippen LogP contribution is -2.37. The summed E-state index contributed by atoms with van der Waals surface area (Å²) >= 11 is 5.75. The third-order valence-electron chi connectivity index (χ3n) is 15.4. The van der Waals surface area contributed by atoms with Crippen LogP contribution < -0.4 is 16.2 Å². The average Bonchev–Trinajstić information content (AvgIpc) is 4.05. The largest absolute Gasteiger partial charge is 0.355 e. The van der Waals surface area contributed by atoms with Gasteiger partial charge in [0.2, 0.25) is 0 Å². The molecule has 0 amide bonds. The quantitative estimate of drug-likeness (QED) is 0.175. The predicted octanol–water partition coefficient (Wildman–Crippen LogP) is 16.9. The van der Waals surface area contributed by atoms with E-state index in [0.717, 1.165) is 11.4 Å². The van der Waals surface area contributed by atoms with Gasteiger partial charge in [-0.25, -0.2) is 0 Å². The van der Waals surface area contributed by atoms with Crippen molar-refractivity contribution >= 4 is 146 Å². The molecular weight excluding hydrogens is 856 g/mol. The molecule has 2 aliphatic rings. The highest BCUT2D eigenvalue weighted by molar-refractivity contribution is 7.26. The second-order valence-electron chi connectivity index (χ2n) is 21.5. The minimum Gasteiger partial charge on any atom is -0.355 e. The Kier molecular flexibility index (Phi) is 7.96. The first-order chi connectivity index (χ1) is 31.8. The molecular formula is C60H48BN2S3. The molecule has 0 saturated carbocycles. The van der Waals surface area contributed by atoms with E-state index < -0.39 is 0 Å². The Balaban J connectivity index is 1.07. The number of hydrogen-bond acceptors (Lipinski definition) is 4. The minimum atomic E-state index is 0.0771. The van der Waals surface area contributed by atoms with E-state index in [1.807, 2.05) is 34.0 Å². The molecule has 0 atom stereocenters. The Morgan fingerprint density at radius 1 is 0.515 bits per heavy atom. The third-order valence-corrected chi connectivity index (χ3v) is 18.8. The van der Waals surface area contributed by atoms with Gasteiger partial charge in [0, 0.05) is 94.0 Å². The summed E-state index contributed by atoms with van der Waals surface area (Å²) in [6, 6.07) is 51.7. The van der Waals surface area contributed by atoms with Crippen molar-refractivity contribution in [2.45, 2.75) is 77.6 Å². The van der Waals surface area contributed by atoms with Crippen molar-refractivity contribution < 1.29 is 0 Å². The number of thiophene rings is 3. The van der Waals surface area contributed by atoms with Gasteiger partial charge in [-0.1, -0.05) is 121 Å². The van der Waals surface area contributed by atoms with Gasteiger partial charge in [0.25, 0.3) is 0 Å². The number of benzene rings is 8. The molecule has 14 rings (SSSR count). The van der Waals surface area contributed by atoms with Crippen LogP contribution in [0.4, 0.5) is 11.4 Å². The van der Waals surface area contributed by atoms with Gasteiger partial charge in [-0.3, -0.25) is 0 Å². The molecule has 6 heteroatoms. The first-order valence-corrected chi connectivity index (χ1v) is 25.9. The van der Waals surface area contributed by atoms with Gasteiger partial charge in [-0.15, -0.1) is 34.0 Å². The molecule has 12 aromatic rings. The molecule has 0 saturated heterocycles.